The highest BCUT2D eigenvalue weighted by molar-refractivity contribution is 5.95. The Morgan fingerprint density at radius 2 is 2.13 bits per heavy atom. The van der Waals surface area contributed by atoms with Gasteiger partial charge in [0.05, 0.1) is 5.84 Å². The standard InChI is InChI=1S/C11H15N3O/c1-8-4-2-3-5-9(8)11(15)14-7-6-10(12)13/h2-5H,6-7H2,1H3,(H3,12,13)(H,14,15). The van der Waals surface area contributed by atoms with E-state index in [1.807, 2.05) is 25.1 Å². The Hall–Kier alpha value is -1.84. The summed E-state index contributed by atoms with van der Waals surface area (Å²) >= 11 is 0. The first-order chi connectivity index (χ1) is 7.11. The molecule has 4 nitrogen and oxygen atoms in total. The summed E-state index contributed by atoms with van der Waals surface area (Å²) in [5.41, 5.74) is 6.79. The van der Waals surface area contributed by atoms with E-state index in [0.717, 1.165) is 5.56 Å². The molecule has 80 valence electrons. The molecule has 15 heavy (non-hydrogen) atoms. The number of carbonyl (C=O) groups excluding carboxylic acids is 1. The van der Waals surface area contributed by atoms with Gasteiger partial charge >= 0.3 is 0 Å². The lowest BCUT2D eigenvalue weighted by atomic mass is 10.1. The Morgan fingerprint density at radius 1 is 1.47 bits per heavy atom. The van der Waals surface area contributed by atoms with E-state index in [9.17, 15) is 4.79 Å². The molecule has 0 unspecified atom stereocenters. The second-order valence-electron chi connectivity index (χ2n) is 3.35. The number of carbonyl (C=O) groups is 1. The van der Waals surface area contributed by atoms with Crippen molar-refractivity contribution in [2.24, 2.45) is 5.73 Å². The summed E-state index contributed by atoms with van der Waals surface area (Å²) in [7, 11) is 0. The first kappa shape index (κ1) is 11.2. The summed E-state index contributed by atoms with van der Waals surface area (Å²) in [5, 5.41) is 9.72. The van der Waals surface area contributed by atoms with Crippen LogP contribution in [0, 0.1) is 12.3 Å². The van der Waals surface area contributed by atoms with Crippen LogP contribution >= 0.6 is 0 Å². The van der Waals surface area contributed by atoms with Gasteiger partial charge in [-0.15, -0.1) is 0 Å². The minimum atomic E-state index is -0.116. The fourth-order valence-corrected chi connectivity index (χ4v) is 1.23. The number of amides is 1. The van der Waals surface area contributed by atoms with Crippen molar-refractivity contribution in [1.29, 1.82) is 5.41 Å². The molecular formula is C11H15N3O. The van der Waals surface area contributed by atoms with E-state index in [2.05, 4.69) is 5.32 Å². The van der Waals surface area contributed by atoms with Crippen LogP contribution < -0.4 is 11.1 Å². The van der Waals surface area contributed by atoms with E-state index in [0.29, 0.717) is 18.5 Å². The van der Waals surface area contributed by atoms with Crippen LogP contribution in [0.1, 0.15) is 22.3 Å². The van der Waals surface area contributed by atoms with E-state index in [1.165, 1.54) is 0 Å². The molecule has 4 heteroatoms. The average Bonchev–Trinajstić information content (AvgIpc) is 2.17. The van der Waals surface area contributed by atoms with E-state index >= 15 is 0 Å². The number of amidine groups is 1. The van der Waals surface area contributed by atoms with Gasteiger partial charge in [0.25, 0.3) is 5.91 Å². The van der Waals surface area contributed by atoms with Crippen molar-refractivity contribution >= 4 is 11.7 Å². The minimum Gasteiger partial charge on any atom is -0.388 e. The fourth-order valence-electron chi connectivity index (χ4n) is 1.23. The normalized spacial score (nSPS) is 9.67. The molecule has 1 amide bonds. The summed E-state index contributed by atoms with van der Waals surface area (Å²) < 4.78 is 0. The number of benzene rings is 1. The van der Waals surface area contributed by atoms with Gasteiger partial charge < -0.3 is 11.1 Å². The number of aryl methyl sites for hydroxylation is 1. The molecule has 0 aromatic heterocycles. The predicted octanol–water partition coefficient (Wildman–Crippen LogP) is 1.05. The molecular weight excluding hydrogens is 190 g/mol. The first-order valence-corrected chi connectivity index (χ1v) is 4.78. The fraction of sp³-hybridized carbons (Fsp3) is 0.273. The van der Waals surface area contributed by atoms with Crippen LogP contribution in [0.2, 0.25) is 0 Å². The largest absolute Gasteiger partial charge is 0.388 e. The summed E-state index contributed by atoms with van der Waals surface area (Å²) in [6.07, 6.45) is 0.387. The molecule has 0 aliphatic rings. The SMILES string of the molecule is Cc1ccccc1C(=O)NCCC(=N)N. The number of hydrogen-bond donors (Lipinski definition) is 3. The molecule has 0 aliphatic carbocycles. The van der Waals surface area contributed by atoms with Gasteiger partial charge in [-0.05, 0) is 18.6 Å². The molecule has 1 aromatic carbocycles. The van der Waals surface area contributed by atoms with Crippen LogP contribution in [0.5, 0.6) is 0 Å². The van der Waals surface area contributed by atoms with Gasteiger partial charge in [-0.2, -0.15) is 0 Å². The third kappa shape index (κ3) is 3.42. The third-order valence-corrected chi connectivity index (χ3v) is 2.07. The molecule has 4 N–H and O–H groups in total. The predicted molar refractivity (Wildman–Crippen MR) is 60.0 cm³/mol. The third-order valence-electron chi connectivity index (χ3n) is 2.07. The van der Waals surface area contributed by atoms with Crippen molar-refractivity contribution in [1.82, 2.24) is 5.32 Å². The molecule has 0 saturated heterocycles. The van der Waals surface area contributed by atoms with Crippen LogP contribution in [0.15, 0.2) is 24.3 Å². The maximum Gasteiger partial charge on any atom is 0.251 e. The average molecular weight is 205 g/mol. The Kier molecular flexibility index (Phi) is 3.85. The quantitative estimate of drug-likeness (QED) is 0.507. The molecule has 1 rings (SSSR count). The van der Waals surface area contributed by atoms with E-state index < -0.39 is 0 Å². The summed E-state index contributed by atoms with van der Waals surface area (Å²) in [4.78, 5) is 11.6. The Morgan fingerprint density at radius 3 is 2.73 bits per heavy atom. The lowest BCUT2D eigenvalue weighted by Gasteiger charge is -2.06. The molecule has 0 radical (unpaired) electrons. The summed E-state index contributed by atoms with van der Waals surface area (Å²) in [5.74, 6) is -0.0329. The number of hydrogen-bond acceptors (Lipinski definition) is 2. The Labute approximate surface area is 89.0 Å². The zero-order valence-corrected chi connectivity index (χ0v) is 8.71. The summed E-state index contributed by atoms with van der Waals surface area (Å²) in [6.45, 7) is 2.29. The molecule has 0 spiro atoms. The Bertz CT molecular complexity index is 374. The topological polar surface area (TPSA) is 79.0 Å². The molecule has 0 saturated carbocycles. The highest BCUT2D eigenvalue weighted by Gasteiger charge is 2.06. The van der Waals surface area contributed by atoms with Gasteiger partial charge in [-0.3, -0.25) is 10.2 Å². The van der Waals surface area contributed by atoms with Crippen molar-refractivity contribution in [3.05, 3.63) is 35.4 Å². The molecule has 1 aromatic rings. The van der Waals surface area contributed by atoms with Gasteiger partial charge in [-0.25, -0.2) is 0 Å². The van der Waals surface area contributed by atoms with Crippen LogP contribution in [-0.4, -0.2) is 18.3 Å². The second kappa shape index (κ2) is 5.14. The van der Waals surface area contributed by atoms with E-state index in [-0.39, 0.29) is 11.7 Å². The smallest absolute Gasteiger partial charge is 0.251 e. The van der Waals surface area contributed by atoms with Gasteiger partial charge in [-0.1, -0.05) is 18.2 Å². The lowest BCUT2D eigenvalue weighted by Crippen LogP contribution is -2.28. The highest BCUT2D eigenvalue weighted by Crippen LogP contribution is 2.06. The molecule has 0 fully saturated rings. The van der Waals surface area contributed by atoms with Crippen LogP contribution in [-0.2, 0) is 0 Å². The molecule has 0 heterocycles. The number of nitrogens with one attached hydrogen (secondary N) is 2. The zero-order valence-electron chi connectivity index (χ0n) is 8.71. The van der Waals surface area contributed by atoms with Crippen LogP contribution in [0.25, 0.3) is 0 Å². The zero-order chi connectivity index (χ0) is 11.3. The maximum atomic E-state index is 11.6. The van der Waals surface area contributed by atoms with Crippen molar-refractivity contribution in [2.75, 3.05) is 6.54 Å². The van der Waals surface area contributed by atoms with Gasteiger partial charge in [0.1, 0.15) is 0 Å². The van der Waals surface area contributed by atoms with Crippen molar-refractivity contribution in [2.45, 2.75) is 13.3 Å². The lowest BCUT2D eigenvalue weighted by molar-refractivity contribution is 0.0954. The Balaban J connectivity index is 2.54. The van der Waals surface area contributed by atoms with Crippen molar-refractivity contribution in [3.63, 3.8) is 0 Å². The van der Waals surface area contributed by atoms with Crippen LogP contribution in [0.3, 0.4) is 0 Å². The van der Waals surface area contributed by atoms with Gasteiger partial charge in [0.15, 0.2) is 0 Å². The first-order valence-electron chi connectivity index (χ1n) is 4.78. The van der Waals surface area contributed by atoms with Crippen molar-refractivity contribution in [3.8, 4) is 0 Å². The molecule has 0 bridgehead atoms. The number of nitrogens with two attached hydrogens (primary N) is 1. The summed E-state index contributed by atoms with van der Waals surface area (Å²) in [6, 6.07) is 7.38. The van der Waals surface area contributed by atoms with Crippen molar-refractivity contribution < 1.29 is 4.79 Å². The maximum absolute atomic E-state index is 11.6. The molecule has 0 aliphatic heterocycles. The van der Waals surface area contributed by atoms with E-state index in [1.54, 1.807) is 6.07 Å². The molecule has 0 atom stereocenters. The highest BCUT2D eigenvalue weighted by atomic mass is 16.1. The minimum absolute atomic E-state index is 0.0834. The number of rotatable bonds is 4. The monoisotopic (exact) mass is 205 g/mol. The van der Waals surface area contributed by atoms with Crippen LogP contribution in [0.4, 0.5) is 0 Å². The van der Waals surface area contributed by atoms with E-state index in [4.69, 9.17) is 11.1 Å². The van der Waals surface area contributed by atoms with Gasteiger partial charge in [0.2, 0.25) is 0 Å². The second-order valence-corrected chi connectivity index (χ2v) is 3.35. The van der Waals surface area contributed by atoms with Gasteiger partial charge in [0, 0.05) is 18.5 Å².